The highest BCUT2D eigenvalue weighted by Gasteiger charge is 2.50. The Morgan fingerprint density at radius 1 is 1.47 bits per heavy atom. The van der Waals surface area contributed by atoms with E-state index in [1.165, 1.54) is 19.3 Å². The third-order valence-corrected chi connectivity index (χ3v) is 4.77. The van der Waals surface area contributed by atoms with Crippen molar-refractivity contribution in [2.75, 3.05) is 0 Å². The van der Waals surface area contributed by atoms with Gasteiger partial charge in [-0.05, 0) is 31.1 Å². The minimum absolute atomic E-state index is 0.281. The Hall–Kier alpha value is -0.530. The summed E-state index contributed by atoms with van der Waals surface area (Å²) < 4.78 is 0. The smallest absolute Gasteiger partial charge is 0.220 e. The SMILES string of the molecule is CCC1NC(=O)CC12CCC(C)CC2C. The number of carbonyl (C=O) groups is 1. The summed E-state index contributed by atoms with van der Waals surface area (Å²) >= 11 is 0. The summed E-state index contributed by atoms with van der Waals surface area (Å²) in [6.45, 7) is 6.88. The second-order valence-electron chi connectivity index (χ2n) is 5.72. The van der Waals surface area contributed by atoms with Crippen molar-refractivity contribution in [3.8, 4) is 0 Å². The Morgan fingerprint density at radius 3 is 2.80 bits per heavy atom. The fraction of sp³-hybridized carbons (Fsp3) is 0.923. The molecule has 2 fully saturated rings. The van der Waals surface area contributed by atoms with Crippen molar-refractivity contribution < 1.29 is 4.79 Å². The highest BCUT2D eigenvalue weighted by atomic mass is 16.2. The van der Waals surface area contributed by atoms with Gasteiger partial charge in [-0.25, -0.2) is 0 Å². The summed E-state index contributed by atoms with van der Waals surface area (Å²) in [6.07, 6.45) is 5.71. The van der Waals surface area contributed by atoms with Crippen molar-refractivity contribution in [2.24, 2.45) is 17.3 Å². The highest BCUT2D eigenvalue weighted by molar-refractivity contribution is 5.80. The topological polar surface area (TPSA) is 29.1 Å². The summed E-state index contributed by atoms with van der Waals surface area (Å²) in [7, 11) is 0. The van der Waals surface area contributed by atoms with Gasteiger partial charge < -0.3 is 5.32 Å². The second kappa shape index (κ2) is 3.80. The van der Waals surface area contributed by atoms with Crippen LogP contribution in [0, 0.1) is 17.3 Å². The molecule has 1 spiro atoms. The lowest BCUT2D eigenvalue weighted by Gasteiger charge is -2.45. The predicted molar refractivity (Wildman–Crippen MR) is 61.5 cm³/mol. The molecule has 2 rings (SSSR count). The van der Waals surface area contributed by atoms with Crippen molar-refractivity contribution in [1.29, 1.82) is 0 Å². The zero-order chi connectivity index (χ0) is 11.1. The molecule has 0 aromatic rings. The molecule has 2 nitrogen and oxygen atoms in total. The summed E-state index contributed by atoms with van der Waals surface area (Å²) in [6, 6.07) is 0.438. The molecule has 1 saturated carbocycles. The summed E-state index contributed by atoms with van der Waals surface area (Å²) in [5.74, 6) is 1.83. The third-order valence-electron chi connectivity index (χ3n) is 4.77. The van der Waals surface area contributed by atoms with E-state index < -0.39 is 0 Å². The number of rotatable bonds is 1. The van der Waals surface area contributed by atoms with Gasteiger partial charge in [-0.1, -0.05) is 27.2 Å². The fourth-order valence-corrected chi connectivity index (χ4v) is 3.82. The van der Waals surface area contributed by atoms with Gasteiger partial charge in [0.05, 0.1) is 0 Å². The molecule has 0 bridgehead atoms. The van der Waals surface area contributed by atoms with Gasteiger partial charge in [0.15, 0.2) is 0 Å². The van der Waals surface area contributed by atoms with Crippen LogP contribution in [0.1, 0.15) is 52.9 Å². The summed E-state index contributed by atoms with van der Waals surface area (Å²) in [5, 5.41) is 3.17. The molecule has 15 heavy (non-hydrogen) atoms. The van der Waals surface area contributed by atoms with Gasteiger partial charge in [0.1, 0.15) is 0 Å². The molecular weight excluding hydrogens is 186 g/mol. The fourth-order valence-electron chi connectivity index (χ4n) is 3.82. The van der Waals surface area contributed by atoms with E-state index in [4.69, 9.17) is 0 Å². The summed E-state index contributed by atoms with van der Waals surface area (Å²) in [4.78, 5) is 11.6. The molecule has 0 aromatic carbocycles. The molecule has 1 aliphatic heterocycles. The van der Waals surface area contributed by atoms with Gasteiger partial charge in [-0.3, -0.25) is 4.79 Å². The molecule has 1 heterocycles. The van der Waals surface area contributed by atoms with Crippen molar-refractivity contribution in [3.63, 3.8) is 0 Å². The number of carbonyl (C=O) groups excluding carboxylic acids is 1. The van der Waals surface area contributed by atoms with Crippen LogP contribution in [0.25, 0.3) is 0 Å². The minimum Gasteiger partial charge on any atom is -0.353 e. The molecule has 1 aliphatic carbocycles. The van der Waals surface area contributed by atoms with E-state index in [0.717, 1.165) is 18.8 Å². The van der Waals surface area contributed by atoms with E-state index in [0.29, 0.717) is 17.4 Å². The maximum Gasteiger partial charge on any atom is 0.220 e. The Kier molecular flexibility index (Phi) is 2.78. The molecule has 4 unspecified atom stereocenters. The van der Waals surface area contributed by atoms with Gasteiger partial charge >= 0.3 is 0 Å². The molecule has 86 valence electrons. The van der Waals surface area contributed by atoms with Gasteiger partial charge in [-0.15, -0.1) is 0 Å². The molecule has 2 heteroatoms. The van der Waals surface area contributed by atoms with Gasteiger partial charge in [0.2, 0.25) is 5.91 Å². The molecule has 1 saturated heterocycles. The Labute approximate surface area is 92.8 Å². The van der Waals surface area contributed by atoms with Crippen molar-refractivity contribution in [2.45, 2.75) is 58.9 Å². The molecule has 4 atom stereocenters. The number of hydrogen-bond donors (Lipinski definition) is 1. The average Bonchev–Trinajstić information content (AvgIpc) is 2.51. The average molecular weight is 209 g/mol. The van der Waals surface area contributed by atoms with Crippen LogP contribution in [0.4, 0.5) is 0 Å². The number of nitrogens with one attached hydrogen (secondary N) is 1. The number of hydrogen-bond acceptors (Lipinski definition) is 1. The largest absolute Gasteiger partial charge is 0.353 e. The lowest BCUT2D eigenvalue weighted by atomic mass is 9.60. The second-order valence-corrected chi connectivity index (χ2v) is 5.72. The Balaban J connectivity index is 2.20. The number of amides is 1. The maximum absolute atomic E-state index is 11.6. The van der Waals surface area contributed by atoms with Crippen LogP contribution < -0.4 is 5.32 Å². The van der Waals surface area contributed by atoms with Crippen molar-refractivity contribution in [1.82, 2.24) is 5.32 Å². The van der Waals surface area contributed by atoms with E-state index in [-0.39, 0.29) is 5.91 Å². The normalized spacial score (nSPS) is 45.8. The van der Waals surface area contributed by atoms with Crippen LogP contribution in [0.3, 0.4) is 0 Å². The first-order valence-corrected chi connectivity index (χ1v) is 6.38. The standard InChI is InChI=1S/C13H23NO/c1-4-11-13(8-12(15)14-11)6-5-9(2)7-10(13)3/h9-11H,4-8H2,1-3H3,(H,14,15). The monoisotopic (exact) mass is 209 g/mol. The van der Waals surface area contributed by atoms with Crippen LogP contribution >= 0.6 is 0 Å². The lowest BCUT2D eigenvalue weighted by molar-refractivity contribution is -0.120. The predicted octanol–water partition coefficient (Wildman–Crippen LogP) is 2.73. The van der Waals surface area contributed by atoms with E-state index in [9.17, 15) is 4.79 Å². The van der Waals surface area contributed by atoms with E-state index >= 15 is 0 Å². The van der Waals surface area contributed by atoms with Crippen LogP contribution in [0.15, 0.2) is 0 Å². The van der Waals surface area contributed by atoms with Crippen LogP contribution in [0.5, 0.6) is 0 Å². The first-order valence-electron chi connectivity index (χ1n) is 6.38. The van der Waals surface area contributed by atoms with Gasteiger partial charge in [-0.2, -0.15) is 0 Å². The Bertz CT molecular complexity index is 263. The molecule has 1 amide bonds. The van der Waals surface area contributed by atoms with Crippen molar-refractivity contribution >= 4 is 5.91 Å². The van der Waals surface area contributed by atoms with Crippen LogP contribution in [-0.4, -0.2) is 11.9 Å². The van der Waals surface area contributed by atoms with Gasteiger partial charge in [0.25, 0.3) is 0 Å². The summed E-state index contributed by atoms with van der Waals surface area (Å²) in [5.41, 5.74) is 0.290. The molecule has 0 aromatic heterocycles. The lowest BCUT2D eigenvalue weighted by Crippen LogP contribution is -2.44. The van der Waals surface area contributed by atoms with Crippen LogP contribution in [0.2, 0.25) is 0 Å². The molecular formula is C13H23NO. The maximum atomic E-state index is 11.6. The third kappa shape index (κ3) is 1.68. The van der Waals surface area contributed by atoms with Crippen LogP contribution in [-0.2, 0) is 4.79 Å². The Morgan fingerprint density at radius 2 is 2.20 bits per heavy atom. The minimum atomic E-state index is 0.281. The zero-order valence-corrected chi connectivity index (χ0v) is 10.2. The quantitative estimate of drug-likeness (QED) is 0.707. The zero-order valence-electron chi connectivity index (χ0n) is 10.2. The first kappa shape index (κ1) is 11.0. The first-order chi connectivity index (χ1) is 7.08. The van der Waals surface area contributed by atoms with E-state index in [1.807, 2.05) is 0 Å². The van der Waals surface area contributed by atoms with E-state index in [1.54, 1.807) is 0 Å². The molecule has 2 aliphatic rings. The van der Waals surface area contributed by atoms with E-state index in [2.05, 4.69) is 26.1 Å². The highest BCUT2D eigenvalue weighted by Crippen LogP contribution is 2.51. The van der Waals surface area contributed by atoms with Crippen molar-refractivity contribution in [3.05, 3.63) is 0 Å². The van der Waals surface area contributed by atoms with Gasteiger partial charge in [0, 0.05) is 17.9 Å². The molecule has 1 N–H and O–H groups in total. The molecule has 0 radical (unpaired) electrons.